The molecule has 17 heavy (non-hydrogen) atoms. The molecule has 100 valence electrons. The van der Waals surface area contributed by atoms with Crippen LogP contribution in [-0.2, 0) is 0 Å². The summed E-state index contributed by atoms with van der Waals surface area (Å²) < 4.78 is 0. The van der Waals surface area contributed by atoms with E-state index in [4.69, 9.17) is 0 Å². The van der Waals surface area contributed by atoms with Crippen LogP contribution in [0.25, 0.3) is 0 Å². The first-order chi connectivity index (χ1) is 7.67. The minimum absolute atomic E-state index is 0. The first kappa shape index (κ1) is 16.7. The van der Waals surface area contributed by atoms with Gasteiger partial charge in [0.25, 0.3) is 0 Å². The summed E-state index contributed by atoms with van der Waals surface area (Å²) in [4.78, 5) is 6.66. The van der Waals surface area contributed by atoms with Gasteiger partial charge in [-0.15, -0.1) is 30.6 Å². The molecular weight excluding hydrogens is 325 g/mol. The van der Waals surface area contributed by atoms with Crippen LogP contribution in [-0.4, -0.2) is 37.5 Å². The van der Waals surface area contributed by atoms with Crippen molar-refractivity contribution in [3.05, 3.63) is 12.7 Å². The zero-order valence-electron chi connectivity index (χ0n) is 11.3. The van der Waals surface area contributed by atoms with Crippen LogP contribution in [0.15, 0.2) is 17.6 Å². The Hall–Kier alpha value is -0.260. The molecule has 0 bridgehead atoms. The molecule has 1 unspecified atom stereocenters. The Balaban J connectivity index is 0.00000256. The highest BCUT2D eigenvalue weighted by Gasteiger charge is 2.24. The third-order valence-corrected chi connectivity index (χ3v) is 3.01. The van der Waals surface area contributed by atoms with Gasteiger partial charge in [0.1, 0.15) is 0 Å². The smallest absolute Gasteiger partial charge is 0.193 e. The number of hydrogen-bond acceptors (Lipinski definition) is 1. The maximum atomic E-state index is 4.30. The number of nitrogens with zero attached hydrogens (tertiary/aromatic N) is 2. The van der Waals surface area contributed by atoms with E-state index in [2.05, 4.69) is 35.6 Å². The Morgan fingerprint density at radius 2 is 2.29 bits per heavy atom. The van der Waals surface area contributed by atoms with Crippen molar-refractivity contribution in [3.8, 4) is 0 Å². The predicted octanol–water partition coefficient (Wildman–Crippen LogP) is 2.73. The normalized spacial score (nSPS) is 20.4. The Bertz CT molecular complexity index is 251. The quantitative estimate of drug-likeness (QED) is 0.365. The van der Waals surface area contributed by atoms with Crippen LogP contribution < -0.4 is 5.32 Å². The zero-order chi connectivity index (χ0) is 12.0. The van der Waals surface area contributed by atoms with Crippen molar-refractivity contribution >= 4 is 29.9 Å². The molecule has 1 aliphatic rings. The van der Waals surface area contributed by atoms with Gasteiger partial charge in [0, 0.05) is 26.7 Å². The van der Waals surface area contributed by atoms with Gasteiger partial charge in [0.05, 0.1) is 0 Å². The van der Waals surface area contributed by atoms with E-state index in [-0.39, 0.29) is 24.0 Å². The fraction of sp³-hybridized carbons (Fsp3) is 0.769. The molecule has 0 amide bonds. The molecule has 3 nitrogen and oxygen atoms in total. The molecule has 0 aliphatic carbocycles. The number of rotatable bonds is 4. The van der Waals surface area contributed by atoms with Crippen molar-refractivity contribution in [1.29, 1.82) is 0 Å². The van der Waals surface area contributed by atoms with Gasteiger partial charge in [-0.2, -0.15) is 0 Å². The lowest BCUT2D eigenvalue weighted by Crippen LogP contribution is -2.40. The number of likely N-dealkylation sites (tertiary alicyclic amines) is 1. The summed E-state index contributed by atoms with van der Waals surface area (Å²) >= 11 is 0. The van der Waals surface area contributed by atoms with Gasteiger partial charge in [0.2, 0.25) is 0 Å². The summed E-state index contributed by atoms with van der Waals surface area (Å²) in [5.74, 6) is 2.65. The molecule has 1 heterocycles. The van der Waals surface area contributed by atoms with Gasteiger partial charge < -0.3 is 10.2 Å². The topological polar surface area (TPSA) is 27.6 Å². The molecule has 0 spiro atoms. The predicted molar refractivity (Wildman–Crippen MR) is 86.1 cm³/mol. The van der Waals surface area contributed by atoms with Gasteiger partial charge in [0.15, 0.2) is 5.96 Å². The van der Waals surface area contributed by atoms with Crippen LogP contribution in [0.4, 0.5) is 0 Å². The lowest BCUT2D eigenvalue weighted by molar-refractivity contribution is 0.404. The third-order valence-electron chi connectivity index (χ3n) is 3.01. The summed E-state index contributed by atoms with van der Waals surface area (Å²) in [6.07, 6.45) is 4.49. The van der Waals surface area contributed by atoms with Crippen LogP contribution >= 0.6 is 24.0 Å². The van der Waals surface area contributed by atoms with Crippen LogP contribution in [0.2, 0.25) is 0 Å². The molecule has 1 fully saturated rings. The van der Waals surface area contributed by atoms with Crippen LogP contribution in [0.3, 0.4) is 0 Å². The van der Waals surface area contributed by atoms with Gasteiger partial charge >= 0.3 is 0 Å². The summed E-state index contributed by atoms with van der Waals surface area (Å²) in [5.41, 5.74) is 0. The summed E-state index contributed by atoms with van der Waals surface area (Å²) in [6.45, 7) is 11.4. The highest BCUT2D eigenvalue weighted by Crippen LogP contribution is 2.23. The van der Waals surface area contributed by atoms with Crippen molar-refractivity contribution in [2.75, 3.05) is 26.7 Å². The van der Waals surface area contributed by atoms with Crippen LogP contribution in [0, 0.1) is 11.8 Å². The minimum Gasteiger partial charge on any atom is -0.353 e. The fourth-order valence-electron chi connectivity index (χ4n) is 2.38. The van der Waals surface area contributed by atoms with Gasteiger partial charge in [-0.25, -0.2) is 0 Å². The SMILES string of the molecule is C=CCNC(=NC)N1CCC(CC(C)C)C1.I. The highest BCUT2D eigenvalue weighted by molar-refractivity contribution is 14.0. The molecule has 1 atom stereocenters. The number of nitrogens with one attached hydrogen (secondary N) is 1. The molecule has 1 N–H and O–H groups in total. The van der Waals surface area contributed by atoms with E-state index in [0.717, 1.165) is 37.4 Å². The maximum absolute atomic E-state index is 4.30. The van der Waals surface area contributed by atoms with Crippen molar-refractivity contribution in [2.24, 2.45) is 16.8 Å². The summed E-state index contributed by atoms with van der Waals surface area (Å²) in [6, 6.07) is 0. The van der Waals surface area contributed by atoms with Crippen molar-refractivity contribution in [1.82, 2.24) is 10.2 Å². The number of hydrogen-bond donors (Lipinski definition) is 1. The zero-order valence-corrected chi connectivity index (χ0v) is 13.6. The third kappa shape index (κ3) is 5.75. The molecule has 0 aromatic carbocycles. The van der Waals surface area contributed by atoms with Gasteiger partial charge in [-0.1, -0.05) is 19.9 Å². The molecular formula is C13H26IN3. The summed E-state index contributed by atoms with van der Waals surface area (Å²) in [7, 11) is 1.85. The minimum atomic E-state index is 0. The second kappa shape index (κ2) is 8.78. The Morgan fingerprint density at radius 1 is 1.59 bits per heavy atom. The lowest BCUT2D eigenvalue weighted by atomic mass is 9.97. The Morgan fingerprint density at radius 3 is 2.82 bits per heavy atom. The monoisotopic (exact) mass is 351 g/mol. The second-order valence-electron chi connectivity index (χ2n) is 4.95. The first-order valence-electron chi connectivity index (χ1n) is 6.23. The van der Waals surface area contributed by atoms with Crippen molar-refractivity contribution < 1.29 is 0 Å². The van der Waals surface area contributed by atoms with E-state index in [0.29, 0.717) is 0 Å². The van der Waals surface area contributed by atoms with Gasteiger partial charge in [-0.05, 0) is 24.7 Å². The average molecular weight is 351 g/mol. The number of halogens is 1. The van der Waals surface area contributed by atoms with E-state index in [1.807, 2.05) is 13.1 Å². The Labute approximate surface area is 123 Å². The van der Waals surface area contributed by atoms with Crippen LogP contribution in [0.1, 0.15) is 26.7 Å². The van der Waals surface area contributed by atoms with E-state index in [1.165, 1.54) is 12.8 Å². The molecule has 0 radical (unpaired) electrons. The summed E-state index contributed by atoms with van der Waals surface area (Å²) in [5, 5.41) is 3.29. The lowest BCUT2D eigenvalue weighted by Gasteiger charge is -2.21. The average Bonchev–Trinajstić information content (AvgIpc) is 2.67. The Kier molecular flexibility index (Phi) is 8.64. The van der Waals surface area contributed by atoms with Gasteiger partial charge in [-0.3, -0.25) is 4.99 Å². The van der Waals surface area contributed by atoms with E-state index in [9.17, 15) is 0 Å². The largest absolute Gasteiger partial charge is 0.353 e. The molecule has 1 aliphatic heterocycles. The second-order valence-corrected chi connectivity index (χ2v) is 4.95. The maximum Gasteiger partial charge on any atom is 0.193 e. The highest BCUT2D eigenvalue weighted by atomic mass is 127. The van der Waals surface area contributed by atoms with E-state index < -0.39 is 0 Å². The first-order valence-corrected chi connectivity index (χ1v) is 6.23. The molecule has 0 aromatic heterocycles. The van der Waals surface area contributed by atoms with Crippen molar-refractivity contribution in [3.63, 3.8) is 0 Å². The molecule has 1 saturated heterocycles. The van der Waals surface area contributed by atoms with Crippen LogP contribution in [0.5, 0.6) is 0 Å². The van der Waals surface area contributed by atoms with Crippen molar-refractivity contribution in [2.45, 2.75) is 26.7 Å². The molecule has 4 heteroatoms. The molecule has 0 aromatic rings. The molecule has 0 saturated carbocycles. The van der Waals surface area contributed by atoms with E-state index in [1.54, 1.807) is 0 Å². The fourth-order valence-corrected chi connectivity index (χ4v) is 2.38. The number of aliphatic imine (C=N–C) groups is 1. The molecule has 1 rings (SSSR count). The van der Waals surface area contributed by atoms with E-state index >= 15 is 0 Å². The standard InChI is InChI=1S/C13H25N3.HI/c1-5-7-15-13(14-4)16-8-6-12(10-16)9-11(2)3;/h5,11-12H,1,6-10H2,2-4H3,(H,14,15);1H. The number of guanidine groups is 1.